The second kappa shape index (κ2) is 4.01. The van der Waals surface area contributed by atoms with Crippen LogP contribution in [0.4, 0.5) is 4.39 Å². The van der Waals surface area contributed by atoms with Crippen molar-refractivity contribution >= 4 is 16.9 Å². The normalized spacial score (nSPS) is 11.8. The van der Waals surface area contributed by atoms with Gasteiger partial charge in [-0.15, -0.1) is 0 Å². The quantitative estimate of drug-likeness (QED) is 0.886. The number of carboxylic acids is 1. The van der Waals surface area contributed by atoms with Gasteiger partial charge in [-0.1, -0.05) is 12.1 Å². The van der Waals surface area contributed by atoms with Crippen LogP contribution in [-0.4, -0.2) is 21.0 Å². The molecule has 0 saturated carbocycles. The molecule has 0 aliphatic rings. The van der Waals surface area contributed by atoms with Crippen molar-refractivity contribution in [3.8, 4) is 0 Å². The number of hydrogen-bond acceptors (Lipinski definition) is 3. The predicted octanol–water partition coefficient (Wildman–Crippen LogP) is 2.44. The first kappa shape index (κ1) is 12.4. The first-order chi connectivity index (χ1) is 8.34. The topological polar surface area (TPSA) is 63.1 Å². The van der Waals surface area contributed by atoms with Crippen molar-refractivity contribution in [3.63, 3.8) is 0 Å². The van der Waals surface area contributed by atoms with E-state index in [2.05, 4.69) is 9.97 Å². The molecular formula is C13H13FN2O2. The average Bonchev–Trinajstić information content (AvgIpc) is 2.30. The van der Waals surface area contributed by atoms with Gasteiger partial charge in [0, 0.05) is 11.1 Å². The molecule has 0 amide bonds. The molecule has 0 aliphatic carbocycles. The van der Waals surface area contributed by atoms with Crippen molar-refractivity contribution in [1.29, 1.82) is 0 Å². The second-order valence-electron chi connectivity index (χ2n) is 4.70. The highest BCUT2D eigenvalue weighted by Crippen LogP contribution is 2.25. The van der Waals surface area contributed by atoms with Crippen molar-refractivity contribution in [2.75, 3.05) is 0 Å². The predicted molar refractivity (Wildman–Crippen MR) is 64.9 cm³/mol. The molecule has 2 rings (SSSR count). The maximum absolute atomic E-state index is 13.7. The first-order valence-electron chi connectivity index (χ1n) is 5.51. The smallest absolute Gasteiger partial charge is 0.316 e. The first-order valence-corrected chi connectivity index (χ1v) is 5.51. The van der Waals surface area contributed by atoms with Gasteiger partial charge in [0.1, 0.15) is 22.6 Å². The van der Waals surface area contributed by atoms with Crippen LogP contribution in [0.15, 0.2) is 18.2 Å². The minimum Gasteiger partial charge on any atom is -0.481 e. The van der Waals surface area contributed by atoms with E-state index >= 15 is 0 Å². The Hall–Kier alpha value is -2.04. The van der Waals surface area contributed by atoms with E-state index in [0.717, 1.165) is 0 Å². The van der Waals surface area contributed by atoms with Crippen molar-refractivity contribution in [2.24, 2.45) is 0 Å². The minimum absolute atomic E-state index is 0.116. The van der Waals surface area contributed by atoms with Crippen molar-refractivity contribution < 1.29 is 14.3 Å². The van der Waals surface area contributed by atoms with Crippen molar-refractivity contribution in [1.82, 2.24) is 9.97 Å². The number of halogens is 1. The van der Waals surface area contributed by atoms with Gasteiger partial charge in [0.25, 0.3) is 0 Å². The van der Waals surface area contributed by atoms with E-state index in [-0.39, 0.29) is 11.3 Å². The van der Waals surface area contributed by atoms with Gasteiger partial charge in [-0.05, 0) is 26.8 Å². The number of aliphatic carboxylic acids is 1. The molecule has 0 atom stereocenters. The van der Waals surface area contributed by atoms with Gasteiger partial charge in [0.15, 0.2) is 0 Å². The van der Waals surface area contributed by atoms with E-state index in [1.807, 2.05) is 0 Å². The summed E-state index contributed by atoms with van der Waals surface area (Å²) in [6, 6.07) is 4.59. The lowest BCUT2D eigenvalue weighted by Crippen LogP contribution is -2.31. The highest BCUT2D eigenvalue weighted by atomic mass is 19.1. The fraction of sp³-hybridized carbons (Fsp3) is 0.308. The molecule has 0 saturated heterocycles. The monoisotopic (exact) mass is 248 g/mol. The third-order valence-corrected chi connectivity index (χ3v) is 2.96. The van der Waals surface area contributed by atoms with Gasteiger partial charge in [-0.3, -0.25) is 4.79 Å². The van der Waals surface area contributed by atoms with Gasteiger partial charge >= 0.3 is 5.97 Å². The van der Waals surface area contributed by atoms with Gasteiger partial charge in [0.2, 0.25) is 0 Å². The van der Waals surface area contributed by atoms with Gasteiger partial charge in [-0.25, -0.2) is 14.4 Å². The Labute approximate surface area is 103 Å². The number of hydrogen-bond donors (Lipinski definition) is 1. The highest BCUT2D eigenvalue weighted by Gasteiger charge is 2.33. The van der Waals surface area contributed by atoms with E-state index in [1.54, 1.807) is 19.1 Å². The van der Waals surface area contributed by atoms with Gasteiger partial charge < -0.3 is 5.11 Å². The van der Waals surface area contributed by atoms with E-state index in [9.17, 15) is 9.18 Å². The largest absolute Gasteiger partial charge is 0.481 e. The molecule has 1 N–H and O–H groups in total. The summed E-state index contributed by atoms with van der Waals surface area (Å²) in [5.41, 5.74) is -0.514. The summed E-state index contributed by atoms with van der Waals surface area (Å²) in [6.45, 7) is 4.71. The summed E-state index contributed by atoms with van der Waals surface area (Å²) in [7, 11) is 0. The Balaban J connectivity index is 2.77. The Bertz CT molecular complexity index is 638. The van der Waals surface area contributed by atoms with Crippen LogP contribution in [0.1, 0.15) is 25.4 Å². The number of carbonyl (C=O) groups is 1. The van der Waals surface area contributed by atoms with Crippen LogP contribution in [0.5, 0.6) is 0 Å². The molecule has 18 heavy (non-hydrogen) atoms. The maximum atomic E-state index is 13.7. The Morgan fingerprint density at radius 1 is 1.33 bits per heavy atom. The molecule has 0 aliphatic heterocycles. The minimum atomic E-state index is -1.25. The summed E-state index contributed by atoms with van der Waals surface area (Å²) in [6.07, 6.45) is 0. The van der Waals surface area contributed by atoms with Crippen LogP contribution in [-0.2, 0) is 10.2 Å². The van der Waals surface area contributed by atoms with Crippen LogP contribution in [0.3, 0.4) is 0 Å². The summed E-state index contributed by atoms with van der Waals surface area (Å²) in [5.74, 6) is -1.40. The van der Waals surface area contributed by atoms with E-state index in [0.29, 0.717) is 11.1 Å². The molecule has 2 aromatic rings. The molecule has 0 bridgehead atoms. The maximum Gasteiger partial charge on any atom is 0.316 e. The average molecular weight is 248 g/mol. The SMILES string of the molecule is Cc1nc(C(C)(C)C(=O)O)nc2c(F)cccc12. The number of aromatic nitrogens is 2. The lowest BCUT2D eigenvalue weighted by Gasteiger charge is -2.18. The van der Waals surface area contributed by atoms with Crippen molar-refractivity contribution in [3.05, 3.63) is 35.5 Å². The Kier molecular flexibility index (Phi) is 2.77. The zero-order valence-electron chi connectivity index (χ0n) is 10.4. The van der Waals surface area contributed by atoms with Crippen molar-refractivity contribution in [2.45, 2.75) is 26.2 Å². The van der Waals surface area contributed by atoms with Crippen LogP contribution >= 0.6 is 0 Å². The number of carboxylic acid groups (broad SMARTS) is 1. The van der Waals surface area contributed by atoms with Crippen LogP contribution in [0, 0.1) is 12.7 Å². The standard InChI is InChI=1S/C13H13FN2O2/c1-7-8-5-4-6-9(14)10(8)16-11(15-7)13(2,3)12(17)18/h4-6H,1-3H3,(H,17,18). The summed E-state index contributed by atoms with van der Waals surface area (Å²) in [5, 5.41) is 9.75. The molecule has 94 valence electrons. The number of benzene rings is 1. The highest BCUT2D eigenvalue weighted by molar-refractivity contribution is 5.83. The molecule has 0 unspecified atom stereocenters. The van der Waals surface area contributed by atoms with Crippen LogP contribution < -0.4 is 0 Å². The number of aryl methyl sites for hydroxylation is 1. The molecule has 1 aromatic carbocycles. The van der Waals surface area contributed by atoms with Crippen LogP contribution in [0.2, 0.25) is 0 Å². The molecule has 5 heteroatoms. The van der Waals surface area contributed by atoms with E-state index in [4.69, 9.17) is 5.11 Å². The zero-order chi connectivity index (χ0) is 13.5. The summed E-state index contributed by atoms with van der Waals surface area (Å²) in [4.78, 5) is 19.4. The lowest BCUT2D eigenvalue weighted by molar-refractivity contribution is -0.142. The second-order valence-corrected chi connectivity index (χ2v) is 4.70. The molecular weight excluding hydrogens is 235 g/mol. The van der Waals surface area contributed by atoms with Gasteiger partial charge in [-0.2, -0.15) is 0 Å². The summed E-state index contributed by atoms with van der Waals surface area (Å²) >= 11 is 0. The molecule has 1 heterocycles. The molecule has 0 fully saturated rings. The number of nitrogens with zero attached hydrogens (tertiary/aromatic N) is 2. The zero-order valence-corrected chi connectivity index (χ0v) is 10.4. The third-order valence-electron chi connectivity index (χ3n) is 2.96. The molecule has 4 nitrogen and oxygen atoms in total. The lowest BCUT2D eigenvalue weighted by atomic mass is 9.92. The fourth-order valence-corrected chi connectivity index (χ4v) is 1.65. The molecule has 0 spiro atoms. The fourth-order valence-electron chi connectivity index (χ4n) is 1.65. The number of fused-ring (bicyclic) bond motifs is 1. The third kappa shape index (κ3) is 1.81. The van der Waals surface area contributed by atoms with E-state index in [1.165, 1.54) is 19.9 Å². The number of para-hydroxylation sites is 1. The van der Waals surface area contributed by atoms with Gasteiger partial charge in [0.05, 0.1) is 0 Å². The number of rotatable bonds is 2. The summed E-state index contributed by atoms with van der Waals surface area (Å²) < 4.78 is 13.7. The molecule has 1 aromatic heterocycles. The van der Waals surface area contributed by atoms with E-state index < -0.39 is 17.2 Å². The molecule has 0 radical (unpaired) electrons. The van der Waals surface area contributed by atoms with Crippen LogP contribution in [0.25, 0.3) is 10.9 Å². The Morgan fingerprint density at radius 2 is 2.00 bits per heavy atom. The Morgan fingerprint density at radius 3 is 2.61 bits per heavy atom.